The highest BCUT2D eigenvalue weighted by Crippen LogP contribution is 2.26. The lowest BCUT2D eigenvalue weighted by Crippen LogP contribution is -2.34. The van der Waals surface area contributed by atoms with Gasteiger partial charge in [-0.25, -0.2) is 4.79 Å². The Kier molecular flexibility index (Phi) is 5.73. The van der Waals surface area contributed by atoms with E-state index in [2.05, 4.69) is 5.32 Å². The van der Waals surface area contributed by atoms with Crippen LogP contribution >= 0.6 is 0 Å². The van der Waals surface area contributed by atoms with Crippen LogP contribution in [0.15, 0.2) is 54.6 Å². The molecule has 0 aliphatic heterocycles. The zero-order valence-corrected chi connectivity index (χ0v) is 14.5. The third kappa shape index (κ3) is 4.75. The van der Waals surface area contributed by atoms with E-state index in [0.29, 0.717) is 17.1 Å². The average Bonchev–Trinajstić information content (AvgIpc) is 3.49. The maximum absolute atomic E-state index is 12.5. The molecule has 2 aromatic carbocycles. The molecule has 2 aromatic rings. The van der Waals surface area contributed by atoms with E-state index in [1.54, 1.807) is 48.5 Å². The van der Waals surface area contributed by atoms with E-state index in [4.69, 9.17) is 14.2 Å². The van der Waals surface area contributed by atoms with E-state index in [-0.39, 0.29) is 18.6 Å². The van der Waals surface area contributed by atoms with Crippen molar-refractivity contribution < 1.29 is 23.8 Å². The van der Waals surface area contributed by atoms with Crippen LogP contribution in [0.25, 0.3) is 0 Å². The Morgan fingerprint density at radius 1 is 1.04 bits per heavy atom. The number of hydrogen-bond donors (Lipinski definition) is 1. The summed E-state index contributed by atoms with van der Waals surface area (Å²) >= 11 is 0. The highest BCUT2D eigenvalue weighted by Gasteiger charge is 2.30. The van der Waals surface area contributed by atoms with Crippen LogP contribution < -0.4 is 14.8 Å². The Hall–Kier alpha value is -3.02. The standard InChI is InChI=1S/C20H21NO5/c1-24-16-9-5-6-10-17(16)25-13-18(22)26-19(14-7-3-2-4-8-14)20(23)21-15-11-12-15/h2-10,15,19H,11-13H2,1H3,(H,21,23)/t19-/m0/s1. The van der Waals surface area contributed by atoms with Gasteiger partial charge in [-0.3, -0.25) is 4.79 Å². The number of hydrogen-bond acceptors (Lipinski definition) is 5. The van der Waals surface area contributed by atoms with Gasteiger partial charge in [0.1, 0.15) is 0 Å². The molecule has 0 bridgehead atoms. The molecule has 0 spiro atoms. The van der Waals surface area contributed by atoms with Crippen molar-refractivity contribution >= 4 is 11.9 Å². The second kappa shape index (κ2) is 8.38. The number of rotatable bonds is 8. The van der Waals surface area contributed by atoms with Crippen molar-refractivity contribution in [1.82, 2.24) is 5.32 Å². The van der Waals surface area contributed by atoms with Crippen molar-refractivity contribution in [2.24, 2.45) is 0 Å². The number of carbonyl (C=O) groups excluding carboxylic acids is 2. The van der Waals surface area contributed by atoms with E-state index >= 15 is 0 Å². The van der Waals surface area contributed by atoms with Crippen molar-refractivity contribution in [2.45, 2.75) is 25.0 Å². The monoisotopic (exact) mass is 355 g/mol. The van der Waals surface area contributed by atoms with E-state index < -0.39 is 12.1 Å². The maximum atomic E-state index is 12.5. The zero-order valence-electron chi connectivity index (χ0n) is 14.5. The smallest absolute Gasteiger partial charge is 0.345 e. The third-order valence-electron chi connectivity index (χ3n) is 3.93. The Morgan fingerprint density at radius 3 is 2.35 bits per heavy atom. The minimum absolute atomic E-state index is 0.178. The van der Waals surface area contributed by atoms with Gasteiger partial charge in [0, 0.05) is 11.6 Å². The van der Waals surface area contributed by atoms with E-state index in [9.17, 15) is 9.59 Å². The van der Waals surface area contributed by atoms with Gasteiger partial charge in [-0.1, -0.05) is 42.5 Å². The van der Waals surface area contributed by atoms with Crippen LogP contribution in [0.5, 0.6) is 11.5 Å². The summed E-state index contributed by atoms with van der Waals surface area (Å²) in [5.41, 5.74) is 0.622. The molecule has 0 radical (unpaired) electrons. The minimum Gasteiger partial charge on any atom is -0.493 e. The molecule has 1 saturated carbocycles. The highest BCUT2D eigenvalue weighted by atomic mass is 16.6. The SMILES string of the molecule is COc1ccccc1OCC(=O)O[C@H](C(=O)NC1CC1)c1ccccc1. The first-order valence-corrected chi connectivity index (χ1v) is 8.48. The van der Waals surface area contributed by atoms with Crippen molar-refractivity contribution in [1.29, 1.82) is 0 Å². The van der Waals surface area contributed by atoms with Gasteiger partial charge in [-0.2, -0.15) is 0 Å². The Labute approximate surface area is 152 Å². The van der Waals surface area contributed by atoms with Crippen LogP contribution in [-0.2, 0) is 14.3 Å². The predicted octanol–water partition coefficient (Wildman–Crippen LogP) is 2.64. The normalized spacial score (nSPS) is 14.2. The number of benzene rings is 2. The summed E-state index contributed by atoms with van der Waals surface area (Å²) in [7, 11) is 1.52. The molecule has 1 aliphatic carbocycles. The molecule has 1 fully saturated rings. The van der Waals surface area contributed by atoms with E-state index in [1.165, 1.54) is 7.11 Å². The number of carbonyl (C=O) groups is 2. The summed E-state index contributed by atoms with van der Waals surface area (Å²) in [6, 6.07) is 16.1. The van der Waals surface area contributed by atoms with E-state index in [1.807, 2.05) is 6.07 Å². The first-order chi connectivity index (χ1) is 12.7. The van der Waals surface area contributed by atoms with Gasteiger partial charge in [0.25, 0.3) is 5.91 Å². The summed E-state index contributed by atoms with van der Waals surface area (Å²) in [6.45, 7) is -0.319. The maximum Gasteiger partial charge on any atom is 0.345 e. The quantitative estimate of drug-likeness (QED) is 0.737. The number of ether oxygens (including phenoxy) is 3. The second-order valence-corrected chi connectivity index (χ2v) is 6.00. The summed E-state index contributed by atoms with van der Waals surface area (Å²) in [5, 5.41) is 2.87. The molecule has 6 nitrogen and oxygen atoms in total. The summed E-state index contributed by atoms with van der Waals surface area (Å²) in [5.74, 6) is 0.0112. The zero-order chi connectivity index (χ0) is 18.4. The molecular weight excluding hydrogens is 334 g/mol. The fourth-order valence-corrected chi connectivity index (χ4v) is 2.45. The van der Waals surface area contributed by atoms with Gasteiger partial charge in [0.2, 0.25) is 6.10 Å². The van der Waals surface area contributed by atoms with Gasteiger partial charge in [0.15, 0.2) is 18.1 Å². The molecule has 1 N–H and O–H groups in total. The topological polar surface area (TPSA) is 73.9 Å². The average molecular weight is 355 g/mol. The summed E-state index contributed by atoms with van der Waals surface area (Å²) in [6.07, 6.45) is 0.918. The number of methoxy groups -OCH3 is 1. The van der Waals surface area contributed by atoms with Gasteiger partial charge in [0.05, 0.1) is 7.11 Å². The number of para-hydroxylation sites is 2. The fourth-order valence-electron chi connectivity index (χ4n) is 2.45. The number of amides is 1. The van der Waals surface area contributed by atoms with Gasteiger partial charge >= 0.3 is 5.97 Å². The lowest BCUT2D eigenvalue weighted by atomic mass is 10.1. The third-order valence-corrected chi connectivity index (χ3v) is 3.93. The number of nitrogens with one attached hydrogen (secondary N) is 1. The van der Waals surface area contributed by atoms with Crippen molar-refractivity contribution in [3.05, 3.63) is 60.2 Å². The molecule has 0 aromatic heterocycles. The van der Waals surface area contributed by atoms with Gasteiger partial charge in [-0.15, -0.1) is 0 Å². The molecule has 1 atom stereocenters. The summed E-state index contributed by atoms with van der Waals surface area (Å²) in [4.78, 5) is 24.7. The lowest BCUT2D eigenvalue weighted by molar-refractivity contribution is -0.158. The van der Waals surface area contributed by atoms with Crippen molar-refractivity contribution in [2.75, 3.05) is 13.7 Å². The number of esters is 1. The first-order valence-electron chi connectivity index (χ1n) is 8.48. The minimum atomic E-state index is -0.995. The van der Waals surface area contributed by atoms with Crippen LogP contribution in [0.4, 0.5) is 0 Å². The molecule has 0 heterocycles. The first kappa shape index (κ1) is 17.8. The Morgan fingerprint density at radius 2 is 1.69 bits per heavy atom. The van der Waals surface area contributed by atoms with Crippen LogP contribution in [0.1, 0.15) is 24.5 Å². The highest BCUT2D eigenvalue weighted by molar-refractivity contribution is 5.85. The molecule has 136 valence electrons. The molecule has 0 unspecified atom stereocenters. The molecule has 26 heavy (non-hydrogen) atoms. The fraction of sp³-hybridized carbons (Fsp3) is 0.300. The molecule has 1 amide bonds. The molecule has 0 saturated heterocycles. The molecule has 3 rings (SSSR count). The molecular formula is C20H21NO5. The van der Waals surface area contributed by atoms with Gasteiger partial charge < -0.3 is 19.5 Å². The predicted molar refractivity (Wildman–Crippen MR) is 94.9 cm³/mol. The van der Waals surface area contributed by atoms with Crippen molar-refractivity contribution in [3.8, 4) is 11.5 Å². The van der Waals surface area contributed by atoms with Crippen LogP contribution in [0.3, 0.4) is 0 Å². The largest absolute Gasteiger partial charge is 0.493 e. The Balaban J connectivity index is 1.64. The van der Waals surface area contributed by atoms with Crippen LogP contribution in [0.2, 0.25) is 0 Å². The molecule has 6 heteroatoms. The van der Waals surface area contributed by atoms with Crippen LogP contribution in [-0.4, -0.2) is 31.6 Å². The van der Waals surface area contributed by atoms with Crippen LogP contribution in [0, 0.1) is 0 Å². The lowest BCUT2D eigenvalue weighted by Gasteiger charge is -2.18. The molecule has 1 aliphatic rings. The Bertz CT molecular complexity index is 758. The van der Waals surface area contributed by atoms with Gasteiger partial charge in [-0.05, 0) is 25.0 Å². The second-order valence-electron chi connectivity index (χ2n) is 6.00. The van der Waals surface area contributed by atoms with Crippen molar-refractivity contribution in [3.63, 3.8) is 0 Å². The van der Waals surface area contributed by atoms with E-state index in [0.717, 1.165) is 12.8 Å². The summed E-state index contributed by atoms with van der Waals surface area (Å²) < 4.78 is 16.0.